The van der Waals surface area contributed by atoms with Gasteiger partial charge in [-0.2, -0.15) is 0 Å². The van der Waals surface area contributed by atoms with Crippen molar-refractivity contribution in [1.29, 1.82) is 0 Å². The zero-order valence-corrected chi connectivity index (χ0v) is 15.6. The number of fused-ring (bicyclic) bond motifs is 1. The molecule has 26 heavy (non-hydrogen) atoms. The summed E-state index contributed by atoms with van der Waals surface area (Å²) in [5, 5.41) is 3.26. The first-order chi connectivity index (χ1) is 12.7. The number of aryl methyl sites for hydroxylation is 1. The van der Waals surface area contributed by atoms with E-state index >= 15 is 0 Å². The van der Waals surface area contributed by atoms with Crippen LogP contribution < -0.4 is 5.32 Å². The van der Waals surface area contributed by atoms with Crippen LogP contribution in [-0.4, -0.2) is 35.3 Å². The summed E-state index contributed by atoms with van der Waals surface area (Å²) >= 11 is 0. The Hall–Kier alpha value is -1.84. The van der Waals surface area contributed by atoms with Gasteiger partial charge in [0.05, 0.1) is 0 Å². The summed E-state index contributed by atoms with van der Waals surface area (Å²) in [5.74, 6) is 0.450. The maximum Gasteiger partial charge on any atom is 0.243 e. The van der Waals surface area contributed by atoms with Gasteiger partial charge in [-0.3, -0.25) is 9.59 Å². The number of benzene rings is 1. The van der Waals surface area contributed by atoms with Crippen molar-refractivity contribution >= 4 is 11.8 Å². The molecule has 2 fully saturated rings. The molecule has 1 heterocycles. The number of likely N-dealkylation sites (tertiary alicyclic amines) is 1. The highest BCUT2D eigenvalue weighted by molar-refractivity contribution is 5.89. The van der Waals surface area contributed by atoms with Crippen molar-refractivity contribution in [1.82, 2.24) is 10.2 Å². The van der Waals surface area contributed by atoms with Crippen LogP contribution in [-0.2, 0) is 22.4 Å². The molecule has 4 rings (SSSR count). The maximum atomic E-state index is 12.9. The third-order valence-corrected chi connectivity index (χ3v) is 6.49. The van der Waals surface area contributed by atoms with E-state index in [2.05, 4.69) is 29.6 Å². The number of rotatable bonds is 3. The first kappa shape index (κ1) is 17.6. The van der Waals surface area contributed by atoms with Crippen LogP contribution in [0.5, 0.6) is 0 Å². The lowest BCUT2D eigenvalue weighted by atomic mass is 9.87. The van der Waals surface area contributed by atoms with Crippen molar-refractivity contribution in [3.63, 3.8) is 0 Å². The largest absolute Gasteiger partial charge is 0.351 e. The van der Waals surface area contributed by atoms with E-state index in [1.807, 2.05) is 4.90 Å². The molecule has 0 spiro atoms. The molecule has 3 aliphatic rings. The van der Waals surface area contributed by atoms with Gasteiger partial charge in [0, 0.05) is 18.5 Å². The summed E-state index contributed by atoms with van der Waals surface area (Å²) in [4.78, 5) is 27.7. The van der Waals surface area contributed by atoms with E-state index < -0.39 is 0 Å². The van der Waals surface area contributed by atoms with Crippen molar-refractivity contribution in [3.8, 4) is 0 Å². The van der Waals surface area contributed by atoms with E-state index in [-0.39, 0.29) is 29.8 Å². The average molecular weight is 354 g/mol. The number of carbonyl (C=O) groups excluding carboxylic acids is 2. The Morgan fingerprint density at radius 2 is 1.69 bits per heavy atom. The summed E-state index contributed by atoms with van der Waals surface area (Å²) in [5.41, 5.74) is 2.76. The average Bonchev–Trinajstić information content (AvgIpc) is 3.18. The molecule has 1 aliphatic heterocycles. The Bertz CT molecular complexity index is 666. The molecule has 2 unspecified atom stereocenters. The minimum absolute atomic E-state index is 0.0658. The van der Waals surface area contributed by atoms with Gasteiger partial charge in [0.2, 0.25) is 11.8 Å². The van der Waals surface area contributed by atoms with Crippen molar-refractivity contribution in [2.45, 2.75) is 76.3 Å². The minimum atomic E-state index is -0.249. The van der Waals surface area contributed by atoms with Crippen LogP contribution in [0.25, 0.3) is 0 Å². The van der Waals surface area contributed by atoms with Gasteiger partial charge in [-0.25, -0.2) is 0 Å². The van der Waals surface area contributed by atoms with Crippen molar-refractivity contribution in [2.24, 2.45) is 5.92 Å². The van der Waals surface area contributed by atoms with Crippen LogP contribution >= 0.6 is 0 Å². The Morgan fingerprint density at radius 1 is 0.923 bits per heavy atom. The highest BCUT2D eigenvalue weighted by Gasteiger charge is 2.38. The van der Waals surface area contributed by atoms with E-state index in [0.29, 0.717) is 0 Å². The molecule has 1 aromatic rings. The predicted octanol–water partition coefficient (Wildman–Crippen LogP) is 3.23. The quantitative estimate of drug-likeness (QED) is 0.906. The molecule has 2 atom stereocenters. The highest BCUT2D eigenvalue weighted by atomic mass is 16.2. The zero-order valence-electron chi connectivity index (χ0n) is 15.6. The minimum Gasteiger partial charge on any atom is -0.351 e. The molecule has 0 radical (unpaired) electrons. The molecule has 2 amide bonds. The number of nitrogens with zero attached hydrogens (tertiary/aromatic N) is 1. The van der Waals surface area contributed by atoms with E-state index in [0.717, 1.165) is 64.3 Å². The fourth-order valence-corrected chi connectivity index (χ4v) is 5.01. The second kappa shape index (κ2) is 7.81. The van der Waals surface area contributed by atoms with Gasteiger partial charge in [0.25, 0.3) is 0 Å². The molecular weight excluding hydrogens is 324 g/mol. The molecule has 4 heteroatoms. The van der Waals surface area contributed by atoms with Crippen molar-refractivity contribution in [2.75, 3.05) is 6.54 Å². The van der Waals surface area contributed by atoms with Gasteiger partial charge >= 0.3 is 0 Å². The lowest BCUT2D eigenvalue weighted by Gasteiger charge is -2.32. The number of nitrogens with one attached hydrogen (secondary N) is 1. The molecular formula is C22H30N2O2. The van der Waals surface area contributed by atoms with Crippen LogP contribution in [0.15, 0.2) is 24.3 Å². The molecule has 1 saturated carbocycles. The smallest absolute Gasteiger partial charge is 0.243 e. The van der Waals surface area contributed by atoms with Crippen LogP contribution in [0.2, 0.25) is 0 Å². The third kappa shape index (κ3) is 3.65. The fraction of sp³-hybridized carbons (Fsp3) is 0.636. The molecule has 4 nitrogen and oxygen atoms in total. The molecule has 1 saturated heterocycles. The summed E-state index contributed by atoms with van der Waals surface area (Å²) in [6.07, 6.45) is 10.2. The summed E-state index contributed by atoms with van der Waals surface area (Å²) in [6, 6.07) is 8.47. The first-order valence-electron chi connectivity index (χ1n) is 10.4. The van der Waals surface area contributed by atoms with Crippen LogP contribution in [0.4, 0.5) is 0 Å². The molecule has 1 aromatic carbocycles. The van der Waals surface area contributed by atoms with Gasteiger partial charge in [-0.1, -0.05) is 43.5 Å². The van der Waals surface area contributed by atoms with E-state index in [9.17, 15) is 9.59 Å². The van der Waals surface area contributed by atoms with Gasteiger partial charge < -0.3 is 10.2 Å². The van der Waals surface area contributed by atoms with Crippen molar-refractivity contribution < 1.29 is 9.59 Å². The monoisotopic (exact) mass is 354 g/mol. The second-order valence-corrected chi connectivity index (χ2v) is 8.24. The van der Waals surface area contributed by atoms with Gasteiger partial charge in [-0.05, 0) is 56.1 Å². The van der Waals surface area contributed by atoms with Crippen LogP contribution in [0.1, 0.15) is 62.5 Å². The Labute approximate surface area is 156 Å². The molecule has 140 valence electrons. The van der Waals surface area contributed by atoms with Crippen LogP contribution in [0, 0.1) is 5.92 Å². The first-order valence-corrected chi connectivity index (χ1v) is 10.4. The summed E-state index contributed by atoms with van der Waals surface area (Å²) in [6.45, 7) is 0.751. The molecule has 0 aromatic heterocycles. The lowest BCUT2D eigenvalue weighted by molar-refractivity contribution is -0.142. The maximum absolute atomic E-state index is 12.9. The molecule has 2 aliphatic carbocycles. The van der Waals surface area contributed by atoms with Crippen LogP contribution in [0.3, 0.4) is 0 Å². The van der Waals surface area contributed by atoms with Gasteiger partial charge in [0.15, 0.2) is 0 Å². The number of carbonyl (C=O) groups is 2. The number of amides is 2. The lowest BCUT2D eigenvalue weighted by Crippen LogP contribution is -2.51. The standard InChI is InChI=1S/C22H30N2O2/c25-21(23-19-13-12-16-7-4-5-10-18(16)15-19)20-11-6-14-24(20)22(26)17-8-2-1-3-9-17/h4-5,7,10,17,19-20H,1-3,6,8-9,11-15H2,(H,23,25). The fourth-order valence-electron chi connectivity index (χ4n) is 5.01. The normalized spacial score (nSPS) is 26.4. The summed E-state index contributed by atoms with van der Waals surface area (Å²) in [7, 11) is 0. The third-order valence-electron chi connectivity index (χ3n) is 6.49. The Kier molecular flexibility index (Phi) is 5.28. The number of hydrogen-bond acceptors (Lipinski definition) is 2. The summed E-state index contributed by atoms with van der Waals surface area (Å²) < 4.78 is 0. The Morgan fingerprint density at radius 3 is 2.50 bits per heavy atom. The topological polar surface area (TPSA) is 49.4 Å². The molecule has 0 bridgehead atoms. The molecule has 1 N–H and O–H groups in total. The van der Waals surface area contributed by atoms with Gasteiger partial charge in [0.1, 0.15) is 6.04 Å². The zero-order chi connectivity index (χ0) is 17.9. The Balaban J connectivity index is 1.37. The van der Waals surface area contributed by atoms with Crippen molar-refractivity contribution in [3.05, 3.63) is 35.4 Å². The van der Waals surface area contributed by atoms with E-state index in [1.165, 1.54) is 17.5 Å². The predicted molar refractivity (Wildman–Crippen MR) is 102 cm³/mol. The second-order valence-electron chi connectivity index (χ2n) is 8.24. The SMILES string of the molecule is O=C(NC1CCc2ccccc2C1)C1CCCN1C(=O)C1CCCCC1. The number of hydrogen-bond donors (Lipinski definition) is 1. The van der Waals surface area contributed by atoms with Gasteiger partial charge in [-0.15, -0.1) is 0 Å². The van der Waals surface area contributed by atoms with E-state index in [1.54, 1.807) is 0 Å². The highest BCUT2D eigenvalue weighted by Crippen LogP contribution is 2.29. The van der Waals surface area contributed by atoms with E-state index in [4.69, 9.17) is 0 Å².